The summed E-state index contributed by atoms with van der Waals surface area (Å²) < 4.78 is 30.4. The molecule has 0 heterocycles. The van der Waals surface area contributed by atoms with E-state index in [2.05, 4.69) is 5.32 Å². The molecular weight excluding hydrogens is 381 g/mol. The lowest BCUT2D eigenvalue weighted by molar-refractivity contribution is -0.123. The number of halogens is 2. The Balaban J connectivity index is 2.08. The van der Waals surface area contributed by atoms with Gasteiger partial charge in [0.25, 0.3) is 5.91 Å². The van der Waals surface area contributed by atoms with E-state index < -0.39 is 34.6 Å². The largest absolute Gasteiger partial charge is 0.449 e. The molecule has 0 saturated carbocycles. The lowest BCUT2D eigenvalue weighted by Crippen LogP contribution is -2.30. The third-order valence-corrected chi connectivity index (χ3v) is 5.12. The monoisotopic (exact) mass is 397 g/mol. The van der Waals surface area contributed by atoms with Gasteiger partial charge in [0.05, 0.1) is 26.3 Å². The minimum absolute atomic E-state index is 0.136. The molecule has 0 unspecified atom stereocenters. The summed E-state index contributed by atoms with van der Waals surface area (Å²) in [4.78, 5) is 24.9. The molecular formula is C18H17ClFNO4S. The lowest BCUT2D eigenvalue weighted by atomic mass is 10.2. The second kappa shape index (κ2) is 8.91. The highest BCUT2D eigenvalue weighted by Crippen LogP contribution is 2.20. The van der Waals surface area contributed by atoms with Crippen LogP contribution >= 0.6 is 11.6 Å². The first-order chi connectivity index (χ1) is 12.3. The van der Waals surface area contributed by atoms with E-state index in [0.717, 1.165) is 6.07 Å². The molecule has 0 fully saturated rings. The Labute approximate surface area is 158 Å². The van der Waals surface area contributed by atoms with Crippen molar-refractivity contribution in [3.8, 4) is 0 Å². The van der Waals surface area contributed by atoms with Crippen LogP contribution in [-0.2, 0) is 20.3 Å². The molecule has 2 aromatic rings. The fourth-order valence-corrected chi connectivity index (χ4v) is 3.20. The second-order valence-corrected chi connectivity index (χ2v) is 7.41. The normalized spacial score (nSPS) is 12.9. The molecule has 0 aliphatic rings. The van der Waals surface area contributed by atoms with Crippen LogP contribution in [0, 0.1) is 5.82 Å². The summed E-state index contributed by atoms with van der Waals surface area (Å²) in [6.45, 7) is 3.14. The smallest absolute Gasteiger partial charge is 0.340 e. The van der Waals surface area contributed by atoms with Gasteiger partial charge in [-0.05, 0) is 37.3 Å². The molecule has 0 saturated heterocycles. The Morgan fingerprint density at radius 3 is 2.62 bits per heavy atom. The number of hydrogen-bond acceptors (Lipinski definition) is 4. The minimum Gasteiger partial charge on any atom is -0.449 e. The minimum atomic E-state index is -1.34. The zero-order valence-corrected chi connectivity index (χ0v) is 15.7. The SMILES string of the molecule is CC[S@@](=O)c1ccccc1C(=O)O[C@@H](C)C(=O)Nc1ccc(F)c(Cl)c1. The first kappa shape index (κ1) is 20.1. The first-order valence-electron chi connectivity index (χ1n) is 7.77. The van der Waals surface area contributed by atoms with Gasteiger partial charge in [-0.3, -0.25) is 9.00 Å². The van der Waals surface area contributed by atoms with Gasteiger partial charge in [-0.15, -0.1) is 0 Å². The van der Waals surface area contributed by atoms with Gasteiger partial charge in [0.15, 0.2) is 6.10 Å². The predicted octanol–water partition coefficient (Wildman–Crippen LogP) is 3.79. The fraction of sp³-hybridized carbons (Fsp3) is 0.222. The number of anilines is 1. The molecule has 2 rings (SSSR count). The van der Waals surface area contributed by atoms with E-state index in [4.69, 9.17) is 16.3 Å². The number of hydrogen-bond donors (Lipinski definition) is 1. The van der Waals surface area contributed by atoms with Crippen molar-refractivity contribution in [1.82, 2.24) is 0 Å². The predicted molar refractivity (Wildman–Crippen MR) is 98.3 cm³/mol. The molecule has 0 aliphatic heterocycles. The maximum Gasteiger partial charge on any atom is 0.340 e. The van der Waals surface area contributed by atoms with E-state index in [1.165, 1.54) is 25.1 Å². The van der Waals surface area contributed by atoms with E-state index in [-0.39, 0.29) is 16.3 Å². The van der Waals surface area contributed by atoms with Crippen molar-refractivity contribution in [3.05, 3.63) is 58.9 Å². The van der Waals surface area contributed by atoms with Crippen LogP contribution in [0.15, 0.2) is 47.4 Å². The lowest BCUT2D eigenvalue weighted by Gasteiger charge is -2.15. The van der Waals surface area contributed by atoms with E-state index in [1.807, 2.05) is 0 Å². The van der Waals surface area contributed by atoms with Crippen molar-refractivity contribution in [2.24, 2.45) is 0 Å². The molecule has 0 bridgehead atoms. The number of benzene rings is 2. The average molecular weight is 398 g/mol. The third-order valence-electron chi connectivity index (χ3n) is 3.45. The molecule has 26 heavy (non-hydrogen) atoms. The van der Waals surface area contributed by atoms with Crippen LogP contribution in [-0.4, -0.2) is 27.9 Å². The molecule has 0 aliphatic carbocycles. The molecule has 1 N–H and O–H groups in total. The zero-order chi connectivity index (χ0) is 19.3. The van der Waals surface area contributed by atoms with Crippen LogP contribution in [0.3, 0.4) is 0 Å². The van der Waals surface area contributed by atoms with Crippen molar-refractivity contribution in [2.45, 2.75) is 24.8 Å². The number of nitrogens with one attached hydrogen (secondary N) is 1. The summed E-state index contributed by atoms with van der Waals surface area (Å²) >= 11 is 5.66. The van der Waals surface area contributed by atoms with Gasteiger partial charge in [0.1, 0.15) is 5.82 Å². The molecule has 2 atom stereocenters. The van der Waals surface area contributed by atoms with Gasteiger partial charge >= 0.3 is 5.97 Å². The molecule has 5 nitrogen and oxygen atoms in total. The number of carbonyl (C=O) groups is 2. The highest BCUT2D eigenvalue weighted by atomic mass is 35.5. The van der Waals surface area contributed by atoms with Crippen molar-refractivity contribution < 1.29 is 22.9 Å². The first-order valence-corrected chi connectivity index (χ1v) is 9.47. The Kier molecular flexibility index (Phi) is 6.88. The van der Waals surface area contributed by atoms with Gasteiger partial charge in [0.2, 0.25) is 0 Å². The van der Waals surface area contributed by atoms with Crippen molar-refractivity contribution in [2.75, 3.05) is 11.1 Å². The summed E-state index contributed by atoms with van der Waals surface area (Å²) in [7, 11) is -1.34. The number of amides is 1. The molecule has 0 spiro atoms. The maximum atomic E-state index is 13.1. The van der Waals surface area contributed by atoms with Gasteiger partial charge in [-0.1, -0.05) is 30.7 Å². The van der Waals surface area contributed by atoms with Crippen LogP contribution < -0.4 is 5.32 Å². The summed E-state index contributed by atoms with van der Waals surface area (Å²) in [5, 5.41) is 2.35. The summed E-state index contributed by atoms with van der Waals surface area (Å²) in [6.07, 6.45) is -1.12. The van der Waals surface area contributed by atoms with Gasteiger partial charge < -0.3 is 10.1 Å². The second-order valence-electron chi connectivity index (χ2n) is 5.30. The quantitative estimate of drug-likeness (QED) is 0.753. The Bertz CT molecular complexity index is 859. The Morgan fingerprint density at radius 1 is 1.27 bits per heavy atom. The van der Waals surface area contributed by atoms with Crippen molar-refractivity contribution in [3.63, 3.8) is 0 Å². The van der Waals surface area contributed by atoms with Crippen molar-refractivity contribution >= 4 is 40.0 Å². The average Bonchev–Trinajstić information content (AvgIpc) is 2.63. The number of carbonyl (C=O) groups excluding carboxylic acids is 2. The molecule has 0 aromatic heterocycles. The molecule has 0 radical (unpaired) electrons. The Morgan fingerprint density at radius 2 is 1.96 bits per heavy atom. The van der Waals surface area contributed by atoms with Crippen LogP contribution in [0.1, 0.15) is 24.2 Å². The third kappa shape index (κ3) is 4.89. The maximum absolute atomic E-state index is 13.1. The summed E-state index contributed by atoms with van der Waals surface area (Å²) in [5.41, 5.74) is 0.425. The molecule has 1 amide bonds. The topological polar surface area (TPSA) is 72.5 Å². The summed E-state index contributed by atoms with van der Waals surface area (Å²) in [5.74, 6) is -1.60. The standard InChI is InChI=1S/C18H17ClFNO4S/c1-3-26(24)16-7-5-4-6-13(16)18(23)25-11(2)17(22)21-12-8-9-15(20)14(19)10-12/h4-11H,3H2,1-2H3,(H,21,22)/t11-,26+/m0/s1. The highest BCUT2D eigenvalue weighted by Gasteiger charge is 2.22. The molecule has 138 valence electrons. The zero-order valence-electron chi connectivity index (χ0n) is 14.1. The highest BCUT2D eigenvalue weighted by molar-refractivity contribution is 7.85. The number of ether oxygens (including phenoxy) is 1. The Hall–Kier alpha value is -2.25. The van der Waals surface area contributed by atoms with E-state index >= 15 is 0 Å². The van der Waals surface area contributed by atoms with Gasteiger partial charge in [-0.25, -0.2) is 9.18 Å². The van der Waals surface area contributed by atoms with Crippen molar-refractivity contribution in [1.29, 1.82) is 0 Å². The summed E-state index contributed by atoms with van der Waals surface area (Å²) in [6, 6.07) is 10.1. The van der Waals surface area contributed by atoms with E-state index in [1.54, 1.807) is 25.1 Å². The fourth-order valence-electron chi connectivity index (χ4n) is 2.08. The molecule has 2 aromatic carbocycles. The van der Waals surface area contributed by atoms with E-state index in [9.17, 15) is 18.2 Å². The van der Waals surface area contributed by atoms with Crippen LogP contribution in [0.5, 0.6) is 0 Å². The number of esters is 1. The van der Waals surface area contributed by atoms with E-state index in [0.29, 0.717) is 10.6 Å². The van der Waals surface area contributed by atoms with Crippen LogP contribution in [0.2, 0.25) is 5.02 Å². The number of rotatable bonds is 6. The molecule has 8 heteroatoms. The van der Waals surface area contributed by atoms with Gasteiger partial charge in [0, 0.05) is 11.4 Å². The van der Waals surface area contributed by atoms with Crippen LogP contribution in [0.4, 0.5) is 10.1 Å². The van der Waals surface area contributed by atoms with Gasteiger partial charge in [-0.2, -0.15) is 0 Å². The van der Waals surface area contributed by atoms with Crippen LogP contribution in [0.25, 0.3) is 0 Å².